The summed E-state index contributed by atoms with van der Waals surface area (Å²) in [6.45, 7) is 0.901. The van der Waals surface area contributed by atoms with E-state index in [1.54, 1.807) is 0 Å². The lowest BCUT2D eigenvalue weighted by Crippen LogP contribution is -2.21. The Kier molecular flexibility index (Phi) is 2.54. The number of hydrogen-bond acceptors (Lipinski definition) is 2. The number of nitrogens with two attached hydrogens (primary N) is 1. The Morgan fingerprint density at radius 1 is 1.46 bits per heavy atom. The van der Waals surface area contributed by atoms with Gasteiger partial charge in [-0.15, -0.1) is 0 Å². The molecule has 74 valence electrons. The highest BCUT2D eigenvalue weighted by Gasteiger charge is 2.42. The molecule has 0 aromatic carbocycles. The molecule has 0 aromatic rings. The van der Waals surface area contributed by atoms with Gasteiger partial charge in [-0.1, -0.05) is 0 Å². The van der Waals surface area contributed by atoms with Gasteiger partial charge < -0.3 is 10.5 Å². The van der Waals surface area contributed by atoms with E-state index in [1.165, 1.54) is 19.3 Å². The zero-order valence-corrected chi connectivity index (χ0v) is 7.87. The Balaban J connectivity index is 1.70. The second kappa shape index (κ2) is 3.66. The highest BCUT2D eigenvalue weighted by atomic mass is 16.5. The number of amides is 1. The molecule has 3 nitrogen and oxygen atoms in total. The molecule has 2 rings (SSSR count). The number of carbonyl (C=O) groups is 1. The van der Waals surface area contributed by atoms with Gasteiger partial charge in [0, 0.05) is 12.5 Å². The number of rotatable bonds is 3. The summed E-state index contributed by atoms with van der Waals surface area (Å²) in [6, 6.07) is 0. The van der Waals surface area contributed by atoms with E-state index in [2.05, 4.69) is 0 Å². The molecule has 3 unspecified atom stereocenters. The summed E-state index contributed by atoms with van der Waals surface area (Å²) in [5, 5.41) is 0. The molecule has 1 saturated carbocycles. The van der Waals surface area contributed by atoms with E-state index in [-0.39, 0.29) is 11.8 Å². The fourth-order valence-electron chi connectivity index (χ4n) is 2.19. The van der Waals surface area contributed by atoms with Crippen molar-refractivity contribution < 1.29 is 9.53 Å². The second-order valence-corrected chi connectivity index (χ2v) is 4.23. The molecule has 1 aliphatic carbocycles. The van der Waals surface area contributed by atoms with Crippen LogP contribution in [0.2, 0.25) is 0 Å². The fourth-order valence-corrected chi connectivity index (χ4v) is 2.19. The Hall–Kier alpha value is -0.570. The van der Waals surface area contributed by atoms with Crippen molar-refractivity contribution >= 4 is 5.91 Å². The first kappa shape index (κ1) is 9.00. The first-order valence-electron chi connectivity index (χ1n) is 5.18. The number of primary amides is 1. The monoisotopic (exact) mass is 183 g/mol. The molecule has 3 atom stereocenters. The Morgan fingerprint density at radius 2 is 2.31 bits per heavy atom. The third-order valence-electron chi connectivity index (χ3n) is 3.13. The van der Waals surface area contributed by atoms with Crippen molar-refractivity contribution in [2.75, 3.05) is 6.61 Å². The van der Waals surface area contributed by atoms with Gasteiger partial charge in [-0.05, 0) is 38.0 Å². The van der Waals surface area contributed by atoms with Gasteiger partial charge >= 0.3 is 0 Å². The van der Waals surface area contributed by atoms with Gasteiger partial charge in [0.25, 0.3) is 0 Å². The topological polar surface area (TPSA) is 52.3 Å². The van der Waals surface area contributed by atoms with Gasteiger partial charge in [0.2, 0.25) is 5.91 Å². The summed E-state index contributed by atoms with van der Waals surface area (Å²) in [4.78, 5) is 10.8. The molecule has 1 saturated heterocycles. The quantitative estimate of drug-likeness (QED) is 0.711. The lowest BCUT2D eigenvalue weighted by atomic mass is 10.0. The van der Waals surface area contributed by atoms with Crippen LogP contribution >= 0.6 is 0 Å². The predicted molar refractivity (Wildman–Crippen MR) is 49.0 cm³/mol. The summed E-state index contributed by atoms with van der Waals surface area (Å²) in [5.74, 6) is 0.562. The van der Waals surface area contributed by atoms with E-state index < -0.39 is 0 Å². The number of hydrogen-bond donors (Lipinski definition) is 1. The molecular weight excluding hydrogens is 166 g/mol. The fraction of sp³-hybridized carbons (Fsp3) is 0.900. The van der Waals surface area contributed by atoms with Crippen molar-refractivity contribution in [1.29, 1.82) is 0 Å². The van der Waals surface area contributed by atoms with Crippen LogP contribution in [0.15, 0.2) is 0 Å². The van der Waals surface area contributed by atoms with Crippen LogP contribution in [0.5, 0.6) is 0 Å². The third kappa shape index (κ3) is 2.21. The van der Waals surface area contributed by atoms with Crippen LogP contribution < -0.4 is 5.73 Å². The molecule has 2 N–H and O–H groups in total. The molecule has 13 heavy (non-hydrogen) atoms. The van der Waals surface area contributed by atoms with Gasteiger partial charge in [0.1, 0.15) is 0 Å². The normalized spacial score (nSPS) is 38.6. The average molecular weight is 183 g/mol. The maximum absolute atomic E-state index is 10.8. The lowest BCUT2D eigenvalue weighted by Gasteiger charge is -2.22. The molecular formula is C10H17NO2. The van der Waals surface area contributed by atoms with E-state index in [0.29, 0.717) is 12.0 Å². The SMILES string of the molecule is NC(=O)C1CC1CC1CCCCO1. The van der Waals surface area contributed by atoms with Crippen molar-refractivity contribution in [2.24, 2.45) is 17.6 Å². The Bertz CT molecular complexity index is 199. The zero-order valence-electron chi connectivity index (χ0n) is 7.87. The Morgan fingerprint density at radius 3 is 2.85 bits per heavy atom. The first-order chi connectivity index (χ1) is 6.27. The molecule has 3 heteroatoms. The molecule has 1 amide bonds. The van der Waals surface area contributed by atoms with Crippen molar-refractivity contribution in [3.05, 3.63) is 0 Å². The van der Waals surface area contributed by atoms with Gasteiger partial charge in [0.15, 0.2) is 0 Å². The van der Waals surface area contributed by atoms with Crippen molar-refractivity contribution in [1.82, 2.24) is 0 Å². The second-order valence-electron chi connectivity index (χ2n) is 4.23. The van der Waals surface area contributed by atoms with E-state index in [9.17, 15) is 4.79 Å². The van der Waals surface area contributed by atoms with Gasteiger partial charge in [-0.2, -0.15) is 0 Å². The molecule has 0 aromatic heterocycles. The number of carbonyl (C=O) groups excluding carboxylic acids is 1. The predicted octanol–water partition coefficient (Wildman–Crippen LogP) is 1.07. The molecule has 0 spiro atoms. The summed E-state index contributed by atoms with van der Waals surface area (Å²) in [6.07, 6.45) is 6.09. The smallest absolute Gasteiger partial charge is 0.220 e. The molecule has 1 aliphatic heterocycles. The summed E-state index contributed by atoms with van der Waals surface area (Å²) >= 11 is 0. The minimum absolute atomic E-state index is 0.124. The minimum atomic E-state index is -0.124. The zero-order chi connectivity index (χ0) is 9.26. The van der Waals surface area contributed by atoms with E-state index in [0.717, 1.165) is 19.4 Å². The summed E-state index contributed by atoms with van der Waals surface area (Å²) in [5.41, 5.74) is 5.21. The van der Waals surface area contributed by atoms with Crippen LogP contribution in [0, 0.1) is 11.8 Å². The lowest BCUT2D eigenvalue weighted by molar-refractivity contribution is -0.119. The van der Waals surface area contributed by atoms with E-state index in [4.69, 9.17) is 10.5 Å². The molecule has 2 aliphatic rings. The van der Waals surface area contributed by atoms with Gasteiger partial charge in [0.05, 0.1) is 6.10 Å². The summed E-state index contributed by atoms with van der Waals surface area (Å²) in [7, 11) is 0. The molecule has 2 fully saturated rings. The van der Waals surface area contributed by atoms with Crippen LogP contribution in [-0.2, 0) is 9.53 Å². The van der Waals surface area contributed by atoms with Gasteiger partial charge in [-0.25, -0.2) is 0 Å². The molecule has 0 radical (unpaired) electrons. The van der Waals surface area contributed by atoms with E-state index in [1.807, 2.05) is 0 Å². The largest absolute Gasteiger partial charge is 0.378 e. The maximum Gasteiger partial charge on any atom is 0.220 e. The van der Waals surface area contributed by atoms with Crippen molar-refractivity contribution in [3.8, 4) is 0 Å². The highest BCUT2D eigenvalue weighted by molar-refractivity contribution is 5.79. The standard InChI is InChI=1S/C10H17NO2/c11-10(12)9-6-7(9)5-8-3-1-2-4-13-8/h7-9H,1-6H2,(H2,11,12). The molecule has 1 heterocycles. The minimum Gasteiger partial charge on any atom is -0.378 e. The van der Waals surface area contributed by atoms with Crippen LogP contribution in [0.25, 0.3) is 0 Å². The van der Waals surface area contributed by atoms with E-state index >= 15 is 0 Å². The number of ether oxygens (including phenoxy) is 1. The summed E-state index contributed by atoms with van der Waals surface area (Å²) < 4.78 is 5.60. The highest BCUT2D eigenvalue weighted by Crippen LogP contribution is 2.43. The first-order valence-corrected chi connectivity index (χ1v) is 5.18. The molecule has 0 bridgehead atoms. The van der Waals surface area contributed by atoms with Crippen LogP contribution in [-0.4, -0.2) is 18.6 Å². The van der Waals surface area contributed by atoms with Crippen molar-refractivity contribution in [2.45, 2.75) is 38.2 Å². The average Bonchev–Trinajstić information content (AvgIpc) is 2.86. The van der Waals surface area contributed by atoms with Crippen LogP contribution in [0.1, 0.15) is 32.1 Å². The van der Waals surface area contributed by atoms with Crippen molar-refractivity contribution in [3.63, 3.8) is 0 Å². The maximum atomic E-state index is 10.8. The van der Waals surface area contributed by atoms with Crippen LogP contribution in [0.3, 0.4) is 0 Å². The third-order valence-corrected chi connectivity index (χ3v) is 3.13. The van der Waals surface area contributed by atoms with Gasteiger partial charge in [-0.3, -0.25) is 4.79 Å². The Labute approximate surface area is 78.6 Å². The van der Waals surface area contributed by atoms with Crippen LogP contribution in [0.4, 0.5) is 0 Å².